The topological polar surface area (TPSA) is 0 Å². The van der Waals surface area contributed by atoms with Gasteiger partial charge in [-0.15, -0.1) is 0 Å². The molecule has 0 aromatic rings. The standard InChI is InChI=1S/CHBS4/c2-5-1-3-6(1,5)4-1/h5H. The summed E-state index contributed by atoms with van der Waals surface area (Å²) in [6.07, 6.45) is 0. The summed E-state index contributed by atoms with van der Waals surface area (Å²) in [5.74, 6) is 0. The molecule has 3 rings (SSSR count). The van der Waals surface area contributed by atoms with Gasteiger partial charge in [0, 0.05) is 0 Å². The van der Waals surface area contributed by atoms with E-state index in [0.29, 0.717) is 0 Å². The fourth-order valence-electron chi connectivity index (χ4n) is 0.593. The molecule has 0 aromatic carbocycles. The van der Waals surface area contributed by atoms with Crippen LogP contribution in [0.2, 0.25) is 0 Å². The molecule has 0 amide bonds. The molecule has 0 spiro atoms. The Morgan fingerprint density at radius 2 is 2.00 bits per heavy atom. The predicted octanol–water partition coefficient (Wildman–Crippen LogP) is 1.74. The second kappa shape index (κ2) is 0.566. The van der Waals surface area contributed by atoms with E-state index in [0.717, 1.165) is 2.74 Å². The van der Waals surface area contributed by atoms with Gasteiger partial charge in [0.1, 0.15) is 0 Å². The van der Waals surface area contributed by atoms with Gasteiger partial charge in [0.05, 0.1) is 0 Å². The van der Waals surface area contributed by atoms with Crippen molar-refractivity contribution in [3.63, 3.8) is 0 Å². The SMILES string of the molecule is B#[SH]1C23SS12S3. The van der Waals surface area contributed by atoms with Crippen LogP contribution in [0, 0.1) is 0 Å². The maximum atomic E-state index is 5.65. The summed E-state index contributed by atoms with van der Waals surface area (Å²) in [6.45, 7) is 5.65. The van der Waals surface area contributed by atoms with E-state index in [2.05, 4.69) is 21.6 Å². The summed E-state index contributed by atoms with van der Waals surface area (Å²) in [5.41, 5.74) is 0. The summed E-state index contributed by atoms with van der Waals surface area (Å²) in [4.78, 5) is 0. The molecule has 3 aliphatic heterocycles. The van der Waals surface area contributed by atoms with E-state index in [-0.39, 0.29) is 16.3 Å². The van der Waals surface area contributed by atoms with Gasteiger partial charge >= 0.3 is 47.1 Å². The Morgan fingerprint density at radius 1 is 1.67 bits per heavy atom. The van der Waals surface area contributed by atoms with E-state index in [1.165, 1.54) is 0 Å². The summed E-state index contributed by atoms with van der Waals surface area (Å²) < 4.78 is 0.780. The van der Waals surface area contributed by atoms with Gasteiger partial charge in [-0.25, -0.2) is 0 Å². The zero-order chi connectivity index (χ0) is 3.99. The van der Waals surface area contributed by atoms with E-state index in [1.54, 1.807) is 0 Å². The van der Waals surface area contributed by atoms with Crippen LogP contribution in [0.5, 0.6) is 0 Å². The van der Waals surface area contributed by atoms with Gasteiger partial charge in [-0.1, -0.05) is 0 Å². The third kappa shape index (κ3) is 0.134. The van der Waals surface area contributed by atoms with E-state index < -0.39 is 0 Å². The van der Waals surface area contributed by atoms with Crippen LogP contribution in [0.15, 0.2) is 0 Å². The van der Waals surface area contributed by atoms with E-state index in [9.17, 15) is 0 Å². The maximum absolute atomic E-state index is 5.65. The molecule has 3 saturated heterocycles. The Bertz CT molecular complexity index is 185. The predicted molar refractivity (Wildman–Crippen MR) is 40.2 cm³/mol. The summed E-state index contributed by atoms with van der Waals surface area (Å²) in [6, 6.07) is 0. The van der Waals surface area contributed by atoms with Crippen molar-refractivity contribution < 1.29 is 0 Å². The second-order valence-electron chi connectivity index (χ2n) is 1.49. The first-order chi connectivity index (χ1) is 2.82. The third-order valence-electron chi connectivity index (χ3n) is 1.21. The number of rotatable bonds is 0. The van der Waals surface area contributed by atoms with Crippen LogP contribution < -0.4 is 0 Å². The molecule has 5 heteroatoms. The zero-order valence-corrected chi connectivity index (χ0v) is 6.09. The Morgan fingerprint density at radius 3 is 2.00 bits per heavy atom. The molecule has 3 fully saturated rings. The summed E-state index contributed by atoms with van der Waals surface area (Å²) >= 11 is 0. The molecule has 3 aliphatic rings. The first-order valence-electron chi connectivity index (χ1n) is 1.61. The van der Waals surface area contributed by atoms with Crippen molar-refractivity contribution >= 4 is 44.4 Å². The van der Waals surface area contributed by atoms with Crippen molar-refractivity contribution in [1.82, 2.24) is 0 Å². The summed E-state index contributed by atoms with van der Waals surface area (Å²) in [5, 5.41) is 0. The van der Waals surface area contributed by atoms with Crippen molar-refractivity contribution in [2.45, 2.75) is 2.74 Å². The van der Waals surface area contributed by atoms with Crippen LogP contribution in [0.3, 0.4) is 0 Å². The summed E-state index contributed by atoms with van der Waals surface area (Å²) in [7, 11) is 4.48. The van der Waals surface area contributed by atoms with Crippen molar-refractivity contribution in [3.8, 4) is 0 Å². The molecule has 0 bridgehead atoms. The fraction of sp³-hybridized carbons (Fsp3) is 1.00. The quantitative estimate of drug-likeness (QED) is 0.243. The number of thiol groups is 1. The molecule has 0 nitrogen and oxygen atoms in total. The van der Waals surface area contributed by atoms with E-state index in [4.69, 9.17) is 6.53 Å². The van der Waals surface area contributed by atoms with Gasteiger partial charge in [0.15, 0.2) is 0 Å². The van der Waals surface area contributed by atoms with Crippen LogP contribution in [-0.2, 0) is 0 Å². The number of hydrogen-bond acceptors (Lipinski definition) is 2. The van der Waals surface area contributed by atoms with Crippen molar-refractivity contribution in [2.75, 3.05) is 0 Å². The normalized spacial score (nSPS) is 101. The molecule has 0 N–H and O–H groups in total. The van der Waals surface area contributed by atoms with Gasteiger partial charge in [-0.2, -0.15) is 0 Å². The van der Waals surface area contributed by atoms with Gasteiger partial charge in [0.2, 0.25) is 0 Å². The molecule has 6 heavy (non-hydrogen) atoms. The Labute approximate surface area is 47.2 Å². The van der Waals surface area contributed by atoms with Crippen molar-refractivity contribution in [2.24, 2.45) is 0 Å². The molecule has 0 aliphatic carbocycles. The first kappa shape index (κ1) is 3.48. The minimum atomic E-state index is -0.00694. The average Bonchev–Trinajstić information content (AvgIpc) is 2.12. The monoisotopic (exact) mass is 152 g/mol. The van der Waals surface area contributed by atoms with Gasteiger partial charge < -0.3 is 0 Å². The van der Waals surface area contributed by atoms with E-state index >= 15 is 0 Å². The molecule has 3 heterocycles. The Kier molecular flexibility index (Phi) is 0.329. The van der Waals surface area contributed by atoms with Gasteiger partial charge in [0.25, 0.3) is 0 Å². The molecule has 1 unspecified atom stereocenters. The average molecular weight is 152 g/mol. The van der Waals surface area contributed by atoms with Crippen LogP contribution in [-0.4, -0.2) is 9.27 Å². The molecule has 0 radical (unpaired) electrons. The molecule has 0 saturated carbocycles. The molecule has 0 aromatic heterocycles. The number of hydrogen-bond donors (Lipinski definition) is 1. The zero-order valence-electron chi connectivity index (χ0n) is 2.75. The van der Waals surface area contributed by atoms with Crippen LogP contribution in [0.25, 0.3) is 0 Å². The van der Waals surface area contributed by atoms with Crippen LogP contribution in [0.1, 0.15) is 0 Å². The van der Waals surface area contributed by atoms with Gasteiger partial charge in [-0.05, 0) is 0 Å². The third-order valence-corrected chi connectivity index (χ3v) is 24.1. The molecular weight excluding hydrogens is 151 g/mol. The second-order valence-corrected chi connectivity index (χ2v) is 16.6. The van der Waals surface area contributed by atoms with Gasteiger partial charge in [-0.3, -0.25) is 0 Å². The molecule has 1 atom stereocenters. The fourth-order valence-corrected chi connectivity index (χ4v) is 25.7. The van der Waals surface area contributed by atoms with Crippen LogP contribution in [0.4, 0.5) is 0 Å². The van der Waals surface area contributed by atoms with E-state index in [1.807, 2.05) is 0 Å². The minimum absolute atomic E-state index is 0.00694. The first-order valence-corrected chi connectivity index (χ1v) is 7.93. The Hall–Kier alpha value is 1.46. The van der Waals surface area contributed by atoms with Crippen LogP contribution >= 0.6 is 37.9 Å². The van der Waals surface area contributed by atoms with Crippen molar-refractivity contribution in [3.05, 3.63) is 0 Å². The molecular formula is CHBS4. The van der Waals surface area contributed by atoms with Crippen molar-refractivity contribution in [1.29, 1.82) is 0 Å². The molecule has 32 valence electrons. The Balaban J connectivity index is 2.55.